The predicted octanol–water partition coefficient (Wildman–Crippen LogP) is 4.33. The maximum atomic E-state index is 12.9. The van der Waals surface area contributed by atoms with Crippen LogP contribution in [0, 0.1) is 5.92 Å². The van der Waals surface area contributed by atoms with Crippen LogP contribution in [-0.4, -0.2) is 71.9 Å². The Morgan fingerprint density at radius 3 is 2.49 bits per heavy atom. The summed E-state index contributed by atoms with van der Waals surface area (Å²) in [6.45, 7) is 9.47. The van der Waals surface area contributed by atoms with Gasteiger partial charge in [-0.25, -0.2) is 14.8 Å². The fourth-order valence-electron chi connectivity index (χ4n) is 4.12. The Morgan fingerprint density at radius 2 is 1.80 bits per heavy atom. The zero-order valence-electron chi connectivity index (χ0n) is 20.4. The molecule has 0 spiro atoms. The van der Waals surface area contributed by atoms with E-state index in [1.165, 1.54) is 0 Å². The lowest BCUT2D eigenvalue weighted by Gasteiger charge is -2.32. The van der Waals surface area contributed by atoms with Crippen LogP contribution in [-0.2, 0) is 14.3 Å². The number of benzene rings is 1. The number of piperidine rings is 1. The summed E-state index contributed by atoms with van der Waals surface area (Å²) in [6.07, 6.45) is 0.875. The number of carbonyl (C=O) groups excluding carboxylic acids is 2. The highest BCUT2D eigenvalue weighted by Crippen LogP contribution is 2.26. The van der Waals surface area contributed by atoms with E-state index in [0.717, 1.165) is 24.5 Å². The third kappa shape index (κ3) is 6.91. The lowest BCUT2D eigenvalue weighted by molar-refractivity contribution is -0.121. The summed E-state index contributed by atoms with van der Waals surface area (Å²) in [7, 11) is 0. The van der Waals surface area contributed by atoms with Crippen LogP contribution in [0.3, 0.4) is 0 Å². The Kier molecular flexibility index (Phi) is 7.91. The number of halogens is 1. The molecule has 2 saturated heterocycles. The third-order valence-electron chi connectivity index (χ3n) is 5.92. The van der Waals surface area contributed by atoms with Crippen molar-refractivity contribution >= 4 is 39.4 Å². The van der Waals surface area contributed by atoms with E-state index in [2.05, 4.69) is 31.1 Å². The highest BCUT2D eigenvalue weighted by atomic mass is 79.9. The molecule has 0 aliphatic carbocycles. The lowest BCUT2D eigenvalue weighted by atomic mass is 9.96. The summed E-state index contributed by atoms with van der Waals surface area (Å²) in [6, 6.07) is 9.47. The van der Waals surface area contributed by atoms with Gasteiger partial charge in [0.05, 0.1) is 13.2 Å². The summed E-state index contributed by atoms with van der Waals surface area (Å²) < 4.78 is 11.6. The Bertz CT molecular complexity index is 1060. The van der Waals surface area contributed by atoms with Gasteiger partial charge in [-0.05, 0) is 61.7 Å². The first-order valence-corrected chi connectivity index (χ1v) is 12.7. The molecule has 0 unspecified atom stereocenters. The van der Waals surface area contributed by atoms with Gasteiger partial charge in [-0.3, -0.25) is 4.79 Å². The van der Waals surface area contributed by atoms with Gasteiger partial charge in [-0.15, -0.1) is 0 Å². The van der Waals surface area contributed by atoms with Crippen LogP contribution in [0.25, 0.3) is 11.4 Å². The van der Waals surface area contributed by atoms with Crippen LogP contribution in [0.2, 0.25) is 0 Å². The molecule has 2 amide bonds. The fourth-order valence-corrected chi connectivity index (χ4v) is 4.49. The summed E-state index contributed by atoms with van der Waals surface area (Å²) in [5.74, 6) is 1.22. The van der Waals surface area contributed by atoms with Gasteiger partial charge in [-0.1, -0.05) is 12.1 Å². The Hall–Kier alpha value is -2.72. The third-order valence-corrected chi connectivity index (χ3v) is 6.33. The summed E-state index contributed by atoms with van der Waals surface area (Å²) in [4.78, 5) is 38.4. The molecule has 0 saturated carbocycles. The van der Waals surface area contributed by atoms with Gasteiger partial charge in [0.25, 0.3) is 0 Å². The van der Waals surface area contributed by atoms with Crippen LogP contribution in [0.4, 0.5) is 16.3 Å². The van der Waals surface area contributed by atoms with Crippen molar-refractivity contribution in [3.05, 3.63) is 34.9 Å². The number of likely N-dealkylation sites (tertiary alicyclic amines) is 1. The van der Waals surface area contributed by atoms with Crippen LogP contribution < -0.4 is 10.2 Å². The first kappa shape index (κ1) is 25.4. The zero-order chi connectivity index (χ0) is 25.0. The zero-order valence-corrected chi connectivity index (χ0v) is 22.0. The quantitative estimate of drug-likeness (QED) is 0.571. The molecular weight excluding hydrogens is 514 g/mol. The highest BCUT2D eigenvalue weighted by Gasteiger charge is 2.30. The van der Waals surface area contributed by atoms with E-state index in [0.29, 0.717) is 55.3 Å². The SMILES string of the molecule is CC(C)(C)OC(=O)N1CCC(C(=O)Nc2cccc(-c3nc(Br)cc(N4CCOCC4)n3)c2)CC1. The standard InChI is InChI=1S/C25H32BrN5O4/c1-25(2,3)35-24(33)31-9-7-17(8-10-31)23(32)27-19-6-4-5-18(15-19)22-28-20(26)16-21(29-22)30-11-13-34-14-12-30/h4-6,15-17H,7-14H2,1-3H3,(H,27,32). The molecule has 35 heavy (non-hydrogen) atoms. The summed E-state index contributed by atoms with van der Waals surface area (Å²) >= 11 is 3.50. The molecule has 4 rings (SSSR count). The van der Waals surface area contributed by atoms with Crippen molar-refractivity contribution in [2.75, 3.05) is 49.6 Å². The van der Waals surface area contributed by atoms with Crippen molar-refractivity contribution in [1.29, 1.82) is 0 Å². The van der Waals surface area contributed by atoms with E-state index < -0.39 is 5.60 Å². The number of nitrogens with one attached hydrogen (secondary N) is 1. The molecule has 2 aliphatic rings. The number of hydrogen-bond donors (Lipinski definition) is 1. The maximum absolute atomic E-state index is 12.9. The molecule has 0 atom stereocenters. The number of aromatic nitrogens is 2. The average molecular weight is 546 g/mol. The molecule has 9 nitrogen and oxygen atoms in total. The van der Waals surface area contributed by atoms with Gasteiger partial charge in [0.1, 0.15) is 16.0 Å². The van der Waals surface area contributed by atoms with Gasteiger partial charge in [-0.2, -0.15) is 0 Å². The Labute approximate surface area is 214 Å². The smallest absolute Gasteiger partial charge is 0.410 e. The number of carbonyl (C=O) groups is 2. The molecule has 1 N–H and O–H groups in total. The second kappa shape index (κ2) is 10.9. The summed E-state index contributed by atoms with van der Waals surface area (Å²) in [5.41, 5.74) is 0.981. The predicted molar refractivity (Wildman–Crippen MR) is 137 cm³/mol. The lowest BCUT2D eigenvalue weighted by Crippen LogP contribution is -2.43. The molecule has 1 aromatic heterocycles. The van der Waals surface area contributed by atoms with Gasteiger partial charge in [0.15, 0.2) is 5.82 Å². The van der Waals surface area contributed by atoms with Gasteiger partial charge >= 0.3 is 6.09 Å². The molecule has 0 bridgehead atoms. The van der Waals surface area contributed by atoms with E-state index in [1.54, 1.807) is 4.90 Å². The van der Waals surface area contributed by atoms with Gasteiger partial charge < -0.3 is 24.6 Å². The number of hydrogen-bond acceptors (Lipinski definition) is 7. The first-order chi connectivity index (χ1) is 16.7. The van der Waals surface area contributed by atoms with Gasteiger partial charge in [0, 0.05) is 49.4 Å². The minimum absolute atomic E-state index is 0.0462. The first-order valence-electron chi connectivity index (χ1n) is 11.9. The van der Waals surface area contributed by atoms with E-state index in [-0.39, 0.29) is 17.9 Å². The molecule has 188 valence electrons. The maximum Gasteiger partial charge on any atom is 0.410 e. The van der Waals surface area contributed by atoms with Crippen molar-refractivity contribution in [2.45, 2.75) is 39.2 Å². The van der Waals surface area contributed by atoms with Crippen LogP contribution in [0.5, 0.6) is 0 Å². The number of amides is 2. The minimum Gasteiger partial charge on any atom is -0.444 e. The molecule has 0 radical (unpaired) electrons. The largest absolute Gasteiger partial charge is 0.444 e. The van der Waals surface area contributed by atoms with Crippen molar-refractivity contribution < 1.29 is 19.1 Å². The Balaban J connectivity index is 1.39. The van der Waals surface area contributed by atoms with Crippen LogP contribution in [0.15, 0.2) is 34.9 Å². The Morgan fingerprint density at radius 1 is 1.09 bits per heavy atom. The van der Waals surface area contributed by atoms with Gasteiger partial charge in [0.2, 0.25) is 5.91 Å². The number of rotatable bonds is 4. The molecule has 3 heterocycles. The molecule has 1 aromatic carbocycles. The summed E-state index contributed by atoms with van der Waals surface area (Å²) in [5, 5.41) is 3.03. The highest BCUT2D eigenvalue weighted by molar-refractivity contribution is 9.10. The van der Waals surface area contributed by atoms with E-state index in [9.17, 15) is 9.59 Å². The van der Waals surface area contributed by atoms with E-state index in [1.807, 2.05) is 51.1 Å². The molecule has 2 aromatic rings. The second-order valence-electron chi connectivity index (χ2n) is 9.78. The number of nitrogens with zero attached hydrogens (tertiary/aromatic N) is 4. The van der Waals surface area contributed by atoms with Crippen molar-refractivity contribution in [3.8, 4) is 11.4 Å². The second-order valence-corrected chi connectivity index (χ2v) is 10.6. The van der Waals surface area contributed by atoms with Crippen LogP contribution in [0.1, 0.15) is 33.6 Å². The topological polar surface area (TPSA) is 96.9 Å². The number of ether oxygens (including phenoxy) is 2. The molecule has 2 aliphatic heterocycles. The molecule has 2 fully saturated rings. The minimum atomic E-state index is -0.530. The molecular formula is C25H32BrN5O4. The molecule has 10 heteroatoms. The van der Waals surface area contributed by atoms with Crippen molar-refractivity contribution in [3.63, 3.8) is 0 Å². The normalized spacial score (nSPS) is 17.3. The number of anilines is 2. The van der Waals surface area contributed by atoms with Crippen LogP contribution >= 0.6 is 15.9 Å². The van der Waals surface area contributed by atoms with Crippen molar-refractivity contribution in [2.24, 2.45) is 5.92 Å². The fraction of sp³-hybridized carbons (Fsp3) is 0.520. The average Bonchev–Trinajstić information content (AvgIpc) is 2.83. The van der Waals surface area contributed by atoms with E-state index in [4.69, 9.17) is 14.5 Å². The number of morpholine rings is 1. The van der Waals surface area contributed by atoms with E-state index >= 15 is 0 Å². The monoisotopic (exact) mass is 545 g/mol. The van der Waals surface area contributed by atoms with Crippen molar-refractivity contribution in [1.82, 2.24) is 14.9 Å².